The van der Waals surface area contributed by atoms with Crippen LogP contribution in [0, 0.1) is 0 Å². The van der Waals surface area contributed by atoms with Crippen LogP contribution >= 0.6 is 62.3 Å². The lowest BCUT2D eigenvalue weighted by Gasteiger charge is -2.15. The Morgan fingerprint density at radius 2 is 1.62 bits per heavy atom. The average molecular weight is 536 g/mol. The molecule has 0 spiro atoms. The molecule has 29 heavy (non-hydrogen) atoms. The second kappa shape index (κ2) is 10.1. The van der Waals surface area contributed by atoms with Gasteiger partial charge in [0.1, 0.15) is 6.61 Å². The number of nitrogens with one attached hydrogen (secondary N) is 1. The van der Waals surface area contributed by atoms with E-state index < -0.39 is 0 Å². The van der Waals surface area contributed by atoms with Gasteiger partial charge in [-0.3, -0.25) is 0 Å². The summed E-state index contributed by atoms with van der Waals surface area (Å²) < 4.78 is 12.3. The van der Waals surface area contributed by atoms with Crippen LogP contribution in [0.3, 0.4) is 0 Å². The van der Waals surface area contributed by atoms with Crippen molar-refractivity contribution < 1.29 is 9.47 Å². The maximum absolute atomic E-state index is 6.21. The first-order valence-corrected chi connectivity index (χ1v) is 10.8. The van der Waals surface area contributed by atoms with E-state index in [4.69, 9.17) is 55.9 Å². The molecule has 0 atom stereocenters. The molecule has 3 aromatic carbocycles. The third kappa shape index (κ3) is 5.87. The number of benzene rings is 3. The van der Waals surface area contributed by atoms with Crippen LogP contribution in [0.15, 0.2) is 53.0 Å². The summed E-state index contributed by atoms with van der Waals surface area (Å²) in [5, 5.41) is 5.48. The predicted molar refractivity (Wildman–Crippen MR) is 125 cm³/mol. The zero-order chi connectivity index (χ0) is 21.0. The molecule has 0 aliphatic rings. The minimum absolute atomic E-state index is 0.329. The molecule has 0 unspecified atom stereocenters. The molecule has 3 aromatic rings. The molecule has 152 valence electrons. The van der Waals surface area contributed by atoms with Gasteiger partial charge in [0.05, 0.1) is 27.9 Å². The van der Waals surface area contributed by atoms with Crippen LogP contribution in [-0.2, 0) is 13.2 Å². The molecule has 0 fully saturated rings. The molecule has 0 aliphatic carbocycles. The molecule has 8 heteroatoms. The number of ether oxygens (including phenoxy) is 2. The fourth-order valence-corrected chi connectivity index (χ4v) is 3.74. The summed E-state index contributed by atoms with van der Waals surface area (Å²) in [7, 11) is 1.60. The Bertz CT molecular complexity index is 1030. The lowest BCUT2D eigenvalue weighted by Crippen LogP contribution is -2.03. The summed E-state index contributed by atoms with van der Waals surface area (Å²) >= 11 is 27.9. The second-order valence-corrected chi connectivity index (χ2v) is 8.62. The summed E-state index contributed by atoms with van der Waals surface area (Å²) in [5.41, 5.74) is 2.63. The molecule has 1 N–H and O–H groups in total. The fourth-order valence-electron chi connectivity index (χ4n) is 2.60. The maximum Gasteiger partial charge on any atom is 0.162 e. The Hall–Kier alpha value is -1.30. The van der Waals surface area contributed by atoms with Crippen molar-refractivity contribution in [3.05, 3.63) is 84.2 Å². The van der Waals surface area contributed by atoms with Gasteiger partial charge in [-0.1, -0.05) is 68.4 Å². The van der Waals surface area contributed by atoms with Crippen molar-refractivity contribution in [1.29, 1.82) is 0 Å². The third-order valence-corrected chi connectivity index (χ3v) is 6.15. The van der Waals surface area contributed by atoms with Gasteiger partial charge in [0.15, 0.2) is 11.5 Å². The predicted octanol–water partition coefficient (Wildman–Crippen LogP) is 8.26. The highest BCUT2D eigenvalue weighted by molar-refractivity contribution is 9.10. The Labute approximate surface area is 197 Å². The standard InChI is InChI=1S/C21H16BrCl4NO2/c1-28-20-7-13(10-27-19-8-14(23)3-5-17(19)25)15(22)9-21(20)29-11-12-2-4-16(24)18(26)6-12/h2-9,27H,10-11H2,1H3. The number of rotatable bonds is 7. The third-order valence-electron chi connectivity index (χ3n) is 4.11. The molecule has 0 bridgehead atoms. The molecule has 0 aliphatic heterocycles. The van der Waals surface area contributed by atoms with E-state index >= 15 is 0 Å². The van der Waals surface area contributed by atoms with Crippen molar-refractivity contribution >= 4 is 68.0 Å². The smallest absolute Gasteiger partial charge is 0.162 e. The quantitative estimate of drug-likeness (QED) is 0.330. The number of hydrogen-bond acceptors (Lipinski definition) is 3. The van der Waals surface area contributed by atoms with Crippen LogP contribution in [0.5, 0.6) is 11.5 Å². The Balaban J connectivity index is 1.74. The van der Waals surface area contributed by atoms with E-state index in [9.17, 15) is 0 Å². The maximum atomic E-state index is 6.21. The SMILES string of the molecule is COc1cc(CNc2cc(Cl)ccc2Cl)c(Br)cc1OCc1ccc(Cl)c(Cl)c1. The number of methoxy groups -OCH3 is 1. The number of anilines is 1. The molecular weight excluding hydrogens is 520 g/mol. The van der Waals surface area contributed by atoms with Gasteiger partial charge in [-0.15, -0.1) is 0 Å². The number of hydrogen-bond donors (Lipinski definition) is 1. The fraction of sp³-hybridized carbons (Fsp3) is 0.143. The van der Waals surface area contributed by atoms with E-state index in [-0.39, 0.29) is 0 Å². The van der Waals surface area contributed by atoms with Crippen LogP contribution < -0.4 is 14.8 Å². The highest BCUT2D eigenvalue weighted by atomic mass is 79.9. The van der Waals surface area contributed by atoms with Crippen LogP contribution in [0.2, 0.25) is 20.1 Å². The lowest BCUT2D eigenvalue weighted by molar-refractivity contribution is 0.284. The van der Waals surface area contributed by atoms with Gasteiger partial charge < -0.3 is 14.8 Å². The van der Waals surface area contributed by atoms with Crippen LogP contribution in [0.1, 0.15) is 11.1 Å². The molecule has 0 saturated heterocycles. The van der Waals surface area contributed by atoms with E-state index in [2.05, 4.69) is 21.2 Å². The molecule has 0 heterocycles. The average Bonchev–Trinajstić information content (AvgIpc) is 2.70. The minimum atomic E-state index is 0.329. The first-order chi connectivity index (χ1) is 13.9. The highest BCUT2D eigenvalue weighted by Crippen LogP contribution is 2.35. The van der Waals surface area contributed by atoms with E-state index in [1.54, 1.807) is 37.4 Å². The summed E-state index contributed by atoms with van der Waals surface area (Å²) in [6.45, 7) is 0.847. The van der Waals surface area contributed by atoms with Gasteiger partial charge in [0, 0.05) is 16.0 Å². The summed E-state index contributed by atoms with van der Waals surface area (Å²) in [6.07, 6.45) is 0. The van der Waals surface area contributed by atoms with Crippen LogP contribution in [-0.4, -0.2) is 7.11 Å². The van der Waals surface area contributed by atoms with Crippen LogP contribution in [0.4, 0.5) is 5.69 Å². The summed E-state index contributed by atoms with van der Waals surface area (Å²) in [6, 6.07) is 14.4. The van der Waals surface area contributed by atoms with E-state index in [0.717, 1.165) is 21.3 Å². The van der Waals surface area contributed by atoms with Crippen molar-refractivity contribution in [3.8, 4) is 11.5 Å². The van der Waals surface area contributed by atoms with Crippen molar-refractivity contribution in [1.82, 2.24) is 0 Å². The van der Waals surface area contributed by atoms with E-state index in [0.29, 0.717) is 44.7 Å². The second-order valence-electron chi connectivity index (χ2n) is 6.11. The van der Waals surface area contributed by atoms with Gasteiger partial charge in [-0.05, 0) is 53.6 Å². The first-order valence-electron chi connectivity index (χ1n) is 8.49. The van der Waals surface area contributed by atoms with Gasteiger partial charge >= 0.3 is 0 Å². The number of halogens is 5. The monoisotopic (exact) mass is 533 g/mol. The molecule has 0 saturated carbocycles. The van der Waals surface area contributed by atoms with Gasteiger partial charge in [-0.2, -0.15) is 0 Å². The summed E-state index contributed by atoms with van der Waals surface area (Å²) in [5.74, 6) is 1.22. The first kappa shape index (κ1) is 22.4. The normalized spacial score (nSPS) is 10.7. The highest BCUT2D eigenvalue weighted by Gasteiger charge is 2.12. The van der Waals surface area contributed by atoms with Crippen LogP contribution in [0.25, 0.3) is 0 Å². The molecule has 0 aromatic heterocycles. The van der Waals surface area contributed by atoms with E-state index in [1.807, 2.05) is 18.2 Å². The molecule has 0 radical (unpaired) electrons. The molecular formula is C21H16BrCl4NO2. The van der Waals surface area contributed by atoms with E-state index in [1.165, 1.54) is 0 Å². The Morgan fingerprint density at radius 3 is 2.34 bits per heavy atom. The Morgan fingerprint density at radius 1 is 0.862 bits per heavy atom. The molecule has 3 nitrogen and oxygen atoms in total. The minimum Gasteiger partial charge on any atom is -0.493 e. The van der Waals surface area contributed by atoms with Crippen molar-refractivity contribution in [3.63, 3.8) is 0 Å². The zero-order valence-electron chi connectivity index (χ0n) is 15.2. The van der Waals surface area contributed by atoms with Crippen molar-refractivity contribution in [2.75, 3.05) is 12.4 Å². The topological polar surface area (TPSA) is 30.5 Å². The Kier molecular flexibility index (Phi) is 7.83. The largest absolute Gasteiger partial charge is 0.493 e. The van der Waals surface area contributed by atoms with Crippen molar-refractivity contribution in [2.45, 2.75) is 13.2 Å². The summed E-state index contributed by atoms with van der Waals surface area (Å²) in [4.78, 5) is 0. The van der Waals surface area contributed by atoms with Crippen molar-refractivity contribution in [2.24, 2.45) is 0 Å². The lowest BCUT2D eigenvalue weighted by atomic mass is 10.2. The molecule has 0 amide bonds. The van der Waals surface area contributed by atoms with Gasteiger partial charge in [0.2, 0.25) is 0 Å². The zero-order valence-corrected chi connectivity index (χ0v) is 19.8. The van der Waals surface area contributed by atoms with Gasteiger partial charge in [0.25, 0.3) is 0 Å². The molecule has 3 rings (SSSR count). The van der Waals surface area contributed by atoms with Gasteiger partial charge in [-0.25, -0.2) is 0 Å².